The molecule has 3 rings (SSSR count). The summed E-state index contributed by atoms with van der Waals surface area (Å²) in [5.41, 5.74) is 0.0239. The summed E-state index contributed by atoms with van der Waals surface area (Å²) in [6.07, 6.45) is -2.89. The van der Waals surface area contributed by atoms with Crippen molar-refractivity contribution in [2.75, 3.05) is 7.05 Å². The number of carbonyl (C=O) groups excluding carboxylic acids is 1. The van der Waals surface area contributed by atoms with Crippen molar-refractivity contribution in [2.45, 2.75) is 19.3 Å². The van der Waals surface area contributed by atoms with Crippen LogP contribution < -0.4 is 5.32 Å². The van der Waals surface area contributed by atoms with Gasteiger partial charge >= 0.3 is 12.2 Å². The molecule has 2 heterocycles. The summed E-state index contributed by atoms with van der Waals surface area (Å²) >= 11 is 0. The summed E-state index contributed by atoms with van der Waals surface area (Å²) in [7, 11) is 5.07. The number of imidazole rings is 1. The average molecular weight is 381 g/mol. The molecule has 0 unspecified atom stereocenters. The third-order valence-electron chi connectivity index (χ3n) is 4.23. The first-order chi connectivity index (χ1) is 12.7. The van der Waals surface area contributed by atoms with Gasteiger partial charge in [0.05, 0.1) is 29.7 Å². The molecule has 0 aliphatic heterocycles. The number of carbonyl (C=O) groups is 1. The van der Waals surface area contributed by atoms with Crippen molar-refractivity contribution in [3.63, 3.8) is 0 Å². The molecule has 8 nitrogen and oxygen atoms in total. The molecule has 0 aliphatic carbocycles. The van der Waals surface area contributed by atoms with Gasteiger partial charge in [0.15, 0.2) is 5.82 Å². The normalized spacial score (nSPS) is 11.8. The molecule has 0 saturated heterocycles. The van der Waals surface area contributed by atoms with Crippen LogP contribution in [0.2, 0.25) is 0 Å². The number of hydrogen-bond donors (Lipinski definition) is 1. The quantitative estimate of drug-likeness (QED) is 0.750. The van der Waals surface area contributed by atoms with Gasteiger partial charge in [0.1, 0.15) is 12.2 Å². The second-order valence-corrected chi connectivity index (χ2v) is 6.16. The van der Waals surface area contributed by atoms with Crippen molar-refractivity contribution in [2.24, 2.45) is 14.1 Å². The topological polar surface area (TPSA) is 80.9 Å². The first kappa shape index (κ1) is 18.7. The third kappa shape index (κ3) is 3.86. The molecule has 11 heteroatoms. The Hall–Kier alpha value is -3.11. The highest BCUT2D eigenvalue weighted by Crippen LogP contribution is 2.31. The zero-order chi connectivity index (χ0) is 19.8. The summed E-state index contributed by atoms with van der Waals surface area (Å²) in [6, 6.07) is 3.03. The Morgan fingerprint density at radius 2 is 2.00 bits per heavy atom. The summed E-state index contributed by atoms with van der Waals surface area (Å²) in [5.74, 6) is 1.07. The monoisotopic (exact) mass is 381 g/mol. The Kier molecular flexibility index (Phi) is 4.77. The fraction of sp³-hybridized carbons (Fsp3) is 0.375. The minimum atomic E-state index is -4.43. The number of alkyl halides is 3. The van der Waals surface area contributed by atoms with E-state index in [1.54, 1.807) is 30.3 Å². The number of nitrogens with zero attached hydrogens (tertiary/aromatic N) is 6. The number of aromatic nitrogens is 5. The number of benzene rings is 1. The molecule has 0 atom stereocenters. The van der Waals surface area contributed by atoms with E-state index in [-0.39, 0.29) is 24.6 Å². The van der Waals surface area contributed by atoms with Crippen molar-refractivity contribution in [1.29, 1.82) is 0 Å². The van der Waals surface area contributed by atoms with Crippen molar-refractivity contribution in [3.8, 4) is 0 Å². The van der Waals surface area contributed by atoms with Crippen LogP contribution in [-0.4, -0.2) is 42.3 Å². The minimum Gasteiger partial charge on any atom is -0.331 e. The Morgan fingerprint density at radius 1 is 1.26 bits per heavy atom. The molecule has 0 fully saturated rings. The van der Waals surface area contributed by atoms with Crippen molar-refractivity contribution in [1.82, 2.24) is 34.5 Å². The van der Waals surface area contributed by atoms with Crippen molar-refractivity contribution < 1.29 is 18.0 Å². The van der Waals surface area contributed by atoms with E-state index in [0.717, 1.165) is 12.1 Å². The van der Waals surface area contributed by atoms with E-state index in [0.29, 0.717) is 17.2 Å². The van der Waals surface area contributed by atoms with Gasteiger partial charge in [-0.15, -0.1) is 10.2 Å². The highest BCUT2D eigenvalue weighted by molar-refractivity contribution is 5.77. The molecule has 144 valence electrons. The van der Waals surface area contributed by atoms with Crippen LogP contribution in [0.3, 0.4) is 0 Å². The first-order valence-electron chi connectivity index (χ1n) is 8.01. The lowest BCUT2D eigenvalue weighted by Crippen LogP contribution is -2.37. The molecule has 2 aromatic heterocycles. The van der Waals surface area contributed by atoms with Crippen LogP contribution in [0.5, 0.6) is 0 Å². The largest absolute Gasteiger partial charge is 0.416 e. The Bertz CT molecular complexity index is 976. The van der Waals surface area contributed by atoms with Crippen LogP contribution in [-0.2, 0) is 33.4 Å². The lowest BCUT2D eigenvalue weighted by atomic mass is 10.2. The molecule has 1 N–H and O–H groups in total. The summed E-state index contributed by atoms with van der Waals surface area (Å²) < 4.78 is 41.9. The first-order valence-corrected chi connectivity index (χ1v) is 8.01. The van der Waals surface area contributed by atoms with Crippen LogP contribution in [0.1, 0.15) is 17.2 Å². The molecule has 0 aliphatic rings. The Morgan fingerprint density at radius 3 is 2.63 bits per heavy atom. The Labute approximate surface area is 152 Å². The van der Waals surface area contributed by atoms with E-state index >= 15 is 0 Å². The number of urea groups is 1. The van der Waals surface area contributed by atoms with E-state index in [9.17, 15) is 18.0 Å². The number of halogens is 3. The number of aryl methyl sites for hydroxylation is 2. The molecule has 2 amide bonds. The molecule has 3 aromatic rings. The average Bonchev–Trinajstić information content (AvgIpc) is 3.15. The molecule has 27 heavy (non-hydrogen) atoms. The van der Waals surface area contributed by atoms with Gasteiger partial charge < -0.3 is 19.4 Å². The summed E-state index contributed by atoms with van der Waals surface area (Å²) in [5, 5.41) is 10.4. The summed E-state index contributed by atoms with van der Waals surface area (Å²) in [4.78, 5) is 17.9. The van der Waals surface area contributed by atoms with Crippen LogP contribution in [0.15, 0.2) is 24.5 Å². The second-order valence-electron chi connectivity index (χ2n) is 6.16. The van der Waals surface area contributed by atoms with Crippen LogP contribution in [0.4, 0.5) is 18.0 Å². The molecular formula is C16H18F3N7O. The van der Waals surface area contributed by atoms with Gasteiger partial charge in [0, 0.05) is 21.1 Å². The third-order valence-corrected chi connectivity index (χ3v) is 4.23. The van der Waals surface area contributed by atoms with Gasteiger partial charge in [0.25, 0.3) is 0 Å². The number of fused-ring (bicyclic) bond motifs is 1. The van der Waals surface area contributed by atoms with Crippen LogP contribution in [0, 0.1) is 0 Å². The molecular weight excluding hydrogens is 363 g/mol. The highest BCUT2D eigenvalue weighted by atomic mass is 19.4. The van der Waals surface area contributed by atoms with Gasteiger partial charge in [-0.05, 0) is 18.2 Å². The maximum Gasteiger partial charge on any atom is 0.416 e. The zero-order valence-corrected chi connectivity index (χ0v) is 14.9. The van der Waals surface area contributed by atoms with Crippen LogP contribution in [0.25, 0.3) is 11.0 Å². The minimum absolute atomic E-state index is 0.0779. The van der Waals surface area contributed by atoms with Crippen LogP contribution >= 0.6 is 0 Å². The van der Waals surface area contributed by atoms with Gasteiger partial charge in [-0.25, -0.2) is 9.78 Å². The van der Waals surface area contributed by atoms with Gasteiger partial charge in [-0.1, -0.05) is 0 Å². The Balaban J connectivity index is 1.70. The predicted molar refractivity (Wildman–Crippen MR) is 90.4 cm³/mol. The van der Waals surface area contributed by atoms with E-state index in [2.05, 4.69) is 20.5 Å². The molecule has 1 aromatic carbocycles. The number of nitrogens with one attached hydrogen (secondary N) is 1. The van der Waals surface area contributed by atoms with Crippen molar-refractivity contribution >= 4 is 17.1 Å². The molecule has 0 radical (unpaired) electrons. The number of hydrogen-bond acceptors (Lipinski definition) is 4. The SMILES string of the molecule is CN(Cc1nncn1C)C(=O)NCc1nc2cc(C(F)(F)F)ccc2n1C. The molecule has 0 spiro atoms. The summed E-state index contributed by atoms with van der Waals surface area (Å²) in [6.45, 7) is 0.342. The fourth-order valence-corrected chi connectivity index (χ4v) is 2.61. The van der Waals surface area contributed by atoms with Gasteiger partial charge in [0.2, 0.25) is 0 Å². The molecule has 0 saturated carbocycles. The van der Waals surface area contributed by atoms with Gasteiger partial charge in [-0.3, -0.25) is 0 Å². The lowest BCUT2D eigenvalue weighted by molar-refractivity contribution is -0.137. The van der Waals surface area contributed by atoms with Gasteiger partial charge in [-0.2, -0.15) is 13.2 Å². The standard InChI is InChI=1S/C16H18F3N7O/c1-24(8-14-23-21-9-25(14)2)15(27)20-7-13-22-11-6-10(16(17,18)19)4-5-12(11)26(13)3/h4-6,9H,7-8H2,1-3H3,(H,20,27). The smallest absolute Gasteiger partial charge is 0.331 e. The number of amides is 2. The second kappa shape index (κ2) is 6.89. The van der Waals surface area contributed by atoms with E-state index in [1.807, 2.05) is 0 Å². The van der Waals surface area contributed by atoms with E-state index in [4.69, 9.17) is 0 Å². The fourth-order valence-electron chi connectivity index (χ4n) is 2.61. The van der Waals surface area contributed by atoms with E-state index in [1.165, 1.54) is 17.3 Å². The predicted octanol–water partition coefficient (Wildman–Crippen LogP) is 2.06. The highest BCUT2D eigenvalue weighted by Gasteiger charge is 2.31. The van der Waals surface area contributed by atoms with E-state index < -0.39 is 11.7 Å². The van der Waals surface area contributed by atoms with Crippen molar-refractivity contribution in [3.05, 3.63) is 41.7 Å². The maximum atomic E-state index is 12.8. The zero-order valence-electron chi connectivity index (χ0n) is 14.9. The molecule has 0 bridgehead atoms. The lowest BCUT2D eigenvalue weighted by Gasteiger charge is -2.17. The number of rotatable bonds is 4. The maximum absolute atomic E-state index is 12.8.